The molecule has 0 aromatic heterocycles. The van der Waals surface area contributed by atoms with E-state index in [1.807, 2.05) is 0 Å². The molecule has 1 heterocycles. The number of hydrogen-bond acceptors (Lipinski definition) is 7. The van der Waals surface area contributed by atoms with Gasteiger partial charge in [0.1, 0.15) is 5.56 Å². The van der Waals surface area contributed by atoms with Crippen LogP contribution in [0.2, 0.25) is 5.02 Å². The SMILES string of the molecule is CCOC(=O)C1CCN(C(=O)COC(=O)c2ccc(Cl)cc2[N+](=O)[O-])CC1. The number of nitro groups is 1. The molecule has 0 atom stereocenters. The van der Waals surface area contributed by atoms with Crippen LogP contribution in [0.4, 0.5) is 5.69 Å². The largest absolute Gasteiger partial charge is 0.466 e. The molecule has 1 aliphatic rings. The Morgan fingerprint density at radius 1 is 1.26 bits per heavy atom. The van der Waals surface area contributed by atoms with Crippen molar-refractivity contribution in [3.05, 3.63) is 38.9 Å². The first-order valence-corrected chi connectivity index (χ1v) is 8.76. The van der Waals surface area contributed by atoms with Gasteiger partial charge in [-0.1, -0.05) is 11.6 Å². The summed E-state index contributed by atoms with van der Waals surface area (Å²) >= 11 is 5.70. The van der Waals surface area contributed by atoms with Gasteiger partial charge in [0.05, 0.1) is 17.4 Å². The van der Waals surface area contributed by atoms with Gasteiger partial charge in [0.15, 0.2) is 6.61 Å². The van der Waals surface area contributed by atoms with E-state index in [-0.39, 0.29) is 22.5 Å². The highest BCUT2D eigenvalue weighted by atomic mass is 35.5. The number of hydrogen-bond donors (Lipinski definition) is 0. The second kappa shape index (κ2) is 9.31. The normalized spacial score (nSPS) is 14.5. The van der Waals surface area contributed by atoms with Crippen LogP contribution in [-0.2, 0) is 19.1 Å². The molecular weight excluding hydrogens is 380 g/mol. The standard InChI is InChI=1S/C17H19ClN2O7/c1-2-26-16(22)11-5-7-19(8-6-11)15(21)10-27-17(23)13-4-3-12(18)9-14(13)20(24)25/h3-4,9,11H,2,5-8,10H2,1H3. The molecule has 0 saturated carbocycles. The van der Waals surface area contributed by atoms with Crippen LogP contribution < -0.4 is 0 Å². The van der Waals surface area contributed by atoms with Crippen LogP contribution in [0.3, 0.4) is 0 Å². The summed E-state index contributed by atoms with van der Waals surface area (Å²) in [5.74, 6) is -1.92. The summed E-state index contributed by atoms with van der Waals surface area (Å²) in [5, 5.41) is 11.1. The molecule has 9 nitrogen and oxygen atoms in total. The number of amides is 1. The molecule has 1 aliphatic heterocycles. The highest BCUT2D eigenvalue weighted by Crippen LogP contribution is 2.24. The zero-order chi connectivity index (χ0) is 20.0. The van der Waals surface area contributed by atoms with Crippen molar-refractivity contribution >= 4 is 35.1 Å². The first-order valence-electron chi connectivity index (χ1n) is 8.39. The van der Waals surface area contributed by atoms with Crippen molar-refractivity contribution in [1.29, 1.82) is 0 Å². The molecule has 146 valence electrons. The van der Waals surface area contributed by atoms with E-state index in [9.17, 15) is 24.5 Å². The maximum atomic E-state index is 12.2. The summed E-state index contributed by atoms with van der Waals surface area (Å²) in [7, 11) is 0. The van der Waals surface area contributed by atoms with E-state index in [4.69, 9.17) is 21.1 Å². The van der Waals surface area contributed by atoms with Gasteiger partial charge in [0.2, 0.25) is 0 Å². The third-order valence-corrected chi connectivity index (χ3v) is 4.41. The highest BCUT2D eigenvalue weighted by molar-refractivity contribution is 6.31. The zero-order valence-corrected chi connectivity index (χ0v) is 15.4. The van der Waals surface area contributed by atoms with Gasteiger partial charge in [-0.2, -0.15) is 0 Å². The van der Waals surface area contributed by atoms with E-state index in [1.165, 1.54) is 17.0 Å². The van der Waals surface area contributed by atoms with Crippen molar-refractivity contribution in [1.82, 2.24) is 4.90 Å². The molecule has 0 spiro atoms. The summed E-state index contributed by atoms with van der Waals surface area (Å²) in [6.45, 7) is 2.20. The lowest BCUT2D eigenvalue weighted by Gasteiger charge is -2.30. The Labute approximate surface area is 160 Å². The van der Waals surface area contributed by atoms with Crippen LogP contribution >= 0.6 is 11.6 Å². The average molecular weight is 399 g/mol. The summed E-state index contributed by atoms with van der Waals surface area (Å²) in [4.78, 5) is 47.7. The fourth-order valence-corrected chi connectivity index (χ4v) is 2.92. The zero-order valence-electron chi connectivity index (χ0n) is 14.7. The van der Waals surface area contributed by atoms with Crippen molar-refractivity contribution in [3.8, 4) is 0 Å². The summed E-state index contributed by atoms with van der Waals surface area (Å²) in [5.41, 5.74) is -0.770. The fourth-order valence-electron chi connectivity index (χ4n) is 2.75. The van der Waals surface area contributed by atoms with E-state index in [0.29, 0.717) is 32.5 Å². The summed E-state index contributed by atoms with van der Waals surface area (Å²) in [6, 6.07) is 3.55. The van der Waals surface area contributed by atoms with Gasteiger partial charge in [-0.05, 0) is 31.9 Å². The topological polar surface area (TPSA) is 116 Å². The van der Waals surface area contributed by atoms with Gasteiger partial charge in [-0.3, -0.25) is 19.7 Å². The van der Waals surface area contributed by atoms with Crippen LogP contribution in [0.15, 0.2) is 18.2 Å². The van der Waals surface area contributed by atoms with Crippen molar-refractivity contribution in [2.24, 2.45) is 5.92 Å². The van der Waals surface area contributed by atoms with Crippen LogP contribution in [0.5, 0.6) is 0 Å². The third kappa shape index (κ3) is 5.40. The molecule has 2 rings (SSSR count). The Morgan fingerprint density at radius 2 is 1.93 bits per heavy atom. The lowest BCUT2D eigenvalue weighted by atomic mass is 9.97. The lowest BCUT2D eigenvalue weighted by Crippen LogP contribution is -2.42. The molecule has 1 saturated heterocycles. The van der Waals surface area contributed by atoms with Gasteiger partial charge in [0.25, 0.3) is 11.6 Å². The van der Waals surface area contributed by atoms with Crippen molar-refractivity contribution in [2.75, 3.05) is 26.3 Å². The molecule has 10 heteroatoms. The van der Waals surface area contributed by atoms with Gasteiger partial charge in [-0.25, -0.2) is 4.79 Å². The van der Waals surface area contributed by atoms with Crippen LogP contribution in [0.25, 0.3) is 0 Å². The van der Waals surface area contributed by atoms with Crippen molar-refractivity contribution in [3.63, 3.8) is 0 Å². The van der Waals surface area contributed by atoms with E-state index in [2.05, 4.69) is 0 Å². The van der Waals surface area contributed by atoms with Crippen molar-refractivity contribution < 1.29 is 28.8 Å². The van der Waals surface area contributed by atoms with Gasteiger partial charge < -0.3 is 14.4 Å². The number of halogens is 1. The monoisotopic (exact) mass is 398 g/mol. The minimum absolute atomic E-state index is 0.110. The molecule has 1 aromatic carbocycles. The minimum Gasteiger partial charge on any atom is -0.466 e. The number of ether oxygens (including phenoxy) is 2. The van der Waals surface area contributed by atoms with Crippen molar-refractivity contribution in [2.45, 2.75) is 19.8 Å². The number of likely N-dealkylation sites (tertiary alicyclic amines) is 1. The maximum Gasteiger partial charge on any atom is 0.345 e. The number of carbonyl (C=O) groups is 3. The predicted octanol–water partition coefficient (Wildman–Crippen LogP) is 2.21. The number of piperidine rings is 1. The molecule has 0 unspecified atom stereocenters. The molecule has 27 heavy (non-hydrogen) atoms. The number of benzene rings is 1. The van der Waals surface area contributed by atoms with Crippen LogP contribution in [-0.4, -0.2) is 54.0 Å². The molecule has 0 bridgehead atoms. The van der Waals surface area contributed by atoms with Gasteiger partial charge >= 0.3 is 11.9 Å². The van der Waals surface area contributed by atoms with Gasteiger partial charge in [-0.15, -0.1) is 0 Å². The number of esters is 2. The Hall–Kier alpha value is -2.68. The maximum absolute atomic E-state index is 12.2. The number of carbonyl (C=O) groups excluding carboxylic acids is 3. The first kappa shape index (κ1) is 20.6. The summed E-state index contributed by atoms with van der Waals surface area (Å²) in [6.07, 6.45) is 0.947. The smallest absolute Gasteiger partial charge is 0.345 e. The van der Waals surface area contributed by atoms with E-state index in [0.717, 1.165) is 6.07 Å². The fraction of sp³-hybridized carbons (Fsp3) is 0.471. The Morgan fingerprint density at radius 3 is 2.52 bits per heavy atom. The molecule has 0 aliphatic carbocycles. The Bertz CT molecular complexity index is 745. The van der Waals surface area contributed by atoms with Crippen LogP contribution in [0.1, 0.15) is 30.1 Å². The summed E-state index contributed by atoms with van der Waals surface area (Å²) < 4.78 is 9.89. The molecule has 0 N–H and O–H groups in total. The van der Waals surface area contributed by atoms with E-state index in [1.54, 1.807) is 6.92 Å². The third-order valence-electron chi connectivity index (χ3n) is 4.17. The second-order valence-corrected chi connectivity index (χ2v) is 6.34. The Kier molecular flexibility index (Phi) is 7.12. The average Bonchev–Trinajstić information content (AvgIpc) is 2.66. The molecule has 1 amide bonds. The first-order chi connectivity index (χ1) is 12.8. The molecular formula is C17H19ClN2O7. The molecule has 1 aromatic rings. The molecule has 0 radical (unpaired) electrons. The molecule has 1 fully saturated rings. The van der Waals surface area contributed by atoms with Crippen LogP contribution in [0, 0.1) is 16.0 Å². The predicted molar refractivity (Wildman–Crippen MR) is 94.3 cm³/mol. The Balaban J connectivity index is 1.89. The van der Waals surface area contributed by atoms with E-state index < -0.39 is 29.1 Å². The highest BCUT2D eigenvalue weighted by Gasteiger charge is 2.29. The van der Waals surface area contributed by atoms with E-state index >= 15 is 0 Å². The number of rotatable bonds is 6. The lowest BCUT2D eigenvalue weighted by molar-refractivity contribution is -0.385. The minimum atomic E-state index is -0.979. The number of nitrogens with zero attached hydrogens (tertiary/aromatic N) is 2. The quantitative estimate of drug-likeness (QED) is 0.409. The second-order valence-electron chi connectivity index (χ2n) is 5.90. The number of nitro benzene ring substituents is 1. The van der Waals surface area contributed by atoms with Gasteiger partial charge in [0, 0.05) is 24.2 Å².